The van der Waals surface area contributed by atoms with E-state index in [2.05, 4.69) is 28.6 Å². The van der Waals surface area contributed by atoms with Crippen molar-refractivity contribution >= 4 is 5.96 Å². The molecule has 2 aliphatic rings. The lowest BCUT2D eigenvalue weighted by atomic mass is 10.0. The van der Waals surface area contributed by atoms with Crippen molar-refractivity contribution in [2.45, 2.75) is 58.4 Å². The molecule has 0 spiro atoms. The van der Waals surface area contributed by atoms with E-state index in [-0.39, 0.29) is 0 Å². The fraction of sp³-hybridized carbons (Fsp3) is 0.938. The third-order valence-corrected chi connectivity index (χ3v) is 4.82. The van der Waals surface area contributed by atoms with Gasteiger partial charge in [0.1, 0.15) is 0 Å². The van der Waals surface area contributed by atoms with E-state index in [4.69, 9.17) is 5.73 Å². The van der Waals surface area contributed by atoms with E-state index in [1.54, 1.807) is 0 Å². The Hall–Kier alpha value is -0.770. The van der Waals surface area contributed by atoms with Gasteiger partial charge in [0, 0.05) is 25.7 Å². The first kappa shape index (κ1) is 15.6. The molecule has 0 aromatic carbocycles. The minimum Gasteiger partial charge on any atom is -0.370 e. The van der Waals surface area contributed by atoms with Gasteiger partial charge >= 0.3 is 0 Å². The van der Waals surface area contributed by atoms with Crippen LogP contribution in [-0.2, 0) is 0 Å². The monoisotopic (exact) mass is 280 g/mol. The van der Waals surface area contributed by atoms with Crippen molar-refractivity contribution in [3.8, 4) is 0 Å². The lowest BCUT2D eigenvalue weighted by Gasteiger charge is -2.33. The van der Waals surface area contributed by atoms with Gasteiger partial charge in [-0.2, -0.15) is 0 Å². The fourth-order valence-electron chi connectivity index (χ4n) is 3.41. The Labute approximate surface area is 124 Å². The zero-order chi connectivity index (χ0) is 14.4. The van der Waals surface area contributed by atoms with Crippen LogP contribution in [0.1, 0.15) is 52.4 Å². The maximum atomic E-state index is 6.14. The van der Waals surface area contributed by atoms with Crippen molar-refractivity contribution in [3.05, 3.63) is 0 Å². The summed E-state index contributed by atoms with van der Waals surface area (Å²) in [6, 6.07) is 0.645. The van der Waals surface area contributed by atoms with E-state index < -0.39 is 0 Å². The Balaban J connectivity index is 1.71. The molecule has 0 aromatic rings. The molecule has 116 valence electrons. The predicted molar refractivity (Wildman–Crippen MR) is 86.0 cm³/mol. The average molecular weight is 280 g/mol. The molecule has 2 unspecified atom stereocenters. The molecule has 2 fully saturated rings. The number of guanidine groups is 1. The molecule has 0 bridgehead atoms. The molecule has 4 heteroatoms. The molecule has 2 aliphatic heterocycles. The summed E-state index contributed by atoms with van der Waals surface area (Å²) >= 11 is 0. The Kier molecular flexibility index (Phi) is 6.14. The summed E-state index contributed by atoms with van der Waals surface area (Å²) in [7, 11) is 0. The van der Waals surface area contributed by atoms with Crippen molar-refractivity contribution in [1.29, 1.82) is 0 Å². The number of piperidine rings is 2. The van der Waals surface area contributed by atoms with E-state index in [1.807, 2.05) is 0 Å². The van der Waals surface area contributed by atoms with E-state index in [1.165, 1.54) is 45.2 Å². The minimum absolute atomic E-state index is 0.645. The van der Waals surface area contributed by atoms with Crippen LogP contribution in [0.3, 0.4) is 0 Å². The van der Waals surface area contributed by atoms with Gasteiger partial charge in [0.15, 0.2) is 5.96 Å². The molecule has 2 atom stereocenters. The second-order valence-electron chi connectivity index (χ2n) is 6.67. The fourth-order valence-corrected chi connectivity index (χ4v) is 3.41. The van der Waals surface area contributed by atoms with Gasteiger partial charge in [0.2, 0.25) is 0 Å². The summed E-state index contributed by atoms with van der Waals surface area (Å²) in [6.07, 6.45) is 7.84. The molecule has 0 amide bonds. The van der Waals surface area contributed by atoms with Crippen LogP contribution in [0.25, 0.3) is 0 Å². The molecule has 2 heterocycles. The summed E-state index contributed by atoms with van der Waals surface area (Å²) in [6.45, 7) is 10.2. The minimum atomic E-state index is 0.645. The van der Waals surface area contributed by atoms with Gasteiger partial charge in [-0.05, 0) is 58.0 Å². The van der Waals surface area contributed by atoms with Crippen molar-refractivity contribution < 1.29 is 0 Å². The first-order chi connectivity index (χ1) is 9.66. The maximum Gasteiger partial charge on any atom is 0.191 e. The second-order valence-corrected chi connectivity index (χ2v) is 6.67. The molecule has 4 nitrogen and oxygen atoms in total. The SMILES string of the molecule is CC1CCCN(C(N)=NCCC(C)N2CCCCC2)C1. The molecular formula is C16H32N4. The quantitative estimate of drug-likeness (QED) is 0.635. The number of nitrogens with two attached hydrogens (primary N) is 1. The first-order valence-corrected chi connectivity index (χ1v) is 8.45. The molecular weight excluding hydrogens is 248 g/mol. The van der Waals surface area contributed by atoms with E-state index in [0.717, 1.165) is 37.9 Å². The molecule has 2 N–H and O–H groups in total. The number of nitrogens with zero attached hydrogens (tertiary/aromatic N) is 3. The third-order valence-electron chi connectivity index (χ3n) is 4.82. The molecule has 0 saturated carbocycles. The van der Waals surface area contributed by atoms with Crippen LogP contribution in [-0.4, -0.2) is 54.5 Å². The zero-order valence-electron chi connectivity index (χ0n) is 13.4. The van der Waals surface area contributed by atoms with Gasteiger partial charge < -0.3 is 15.5 Å². The average Bonchev–Trinajstić information content (AvgIpc) is 2.48. The molecule has 0 aliphatic carbocycles. The number of aliphatic imine (C=N–C) groups is 1. The number of rotatable bonds is 4. The molecule has 0 aromatic heterocycles. The highest BCUT2D eigenvalue weighted by atomic mass is 15.3. The molecule has 2 saturated heterocycles. The highest BCUT2D eigenvalue weighted by Gasteiger charge is 2.18. The maximum absolute atomic E-state index is 6.14. The van der Waals surface area contributed by atoms with E-state index in [0.29, 0.717) is 6.04 Å². The highest BCUT2D eigenvalue weighted by molar-refractivity contribution is 5.78. The van der Waals surface area contributed by atoms with Gasteiger partial charge in [-0.3, -0.25) is 4.99 Å². The normalized spacial score (nSPS) is 27.6. The third kappa shape index (κ3) is 4.65. The van der Waals surface area contributed by atoms with Crippen molar-refractivity contribution in [2.75, 3.05) is 32.7 Å². The van der Waals surface area contributed by atoms with E-state index in [9.17, 15) is 0 Å². The Bertz CT molecular complexity index is 310. The molecule has 2 rings (SSSR count). The van der Waals surface area contributed by atoms with Gasteiger partial charge in [0.05, 0.1) is 0 Å². The number of hydrogen-bond acceptors (Lipinski definition) is 2. The van der Waals surface area contributed by atoms with Gasteiger partial charge in [-0.1, -0.05) is 13.3 Å². The number of hydrogen-bond donors (Lipinski definition) is 1. The van der Waals surface area contributed by atoms with Crippen LogP contribution in [0.5, 0.6) is 0 Å². The van der Waals surface area contributed by atoms with Crippen LogP contribution < -0.4 is 5.73 Å². The summed E-state index contributed by atoms with van der Waals surface area (Å²) in [5, 5.41) is 0. The van der Waals surface area contributed by atoms with Gasteiger partial charge in [-0.25, -0.2) is 0 Å². The lowest BCUT2D eigenvalue weighted by molar-refractivity contribution is 0.168. The largest absolute Gasteiger partial charge is 0.370 e. The van der Waals surface area contributed by atoms with Crippen molar-refractivity contribution in [1.82, 2.24) is 9.80 Å². The second kappa shape index (κ2) is 7.87. The van der Waals surface area contributed by atoms with E-state index >= 15 is 0 Å². The summed E-state index contributed by atoms with van der Waals surface area (Å²) in [5.41, 5.74) is 6.14. The standard InChI is InChI=1S/C16H32N4/c1-14-7-6-12-20(13-14)16(17)18-9-8-15(2)19-10-4-3-5-11-19/h14-15H,3-13H2,1-2H3,(H2,17,18). The van der Waals surface area contributed by atoms with Crippen molar-refractivity contribution in [2.24, 2.45) is 16.6 Å². The number of likely N-dealkylation sites (tertiary alicyclic amines) is 2. The predicted octanol–water partition coefficient (Wildman–Crippen LogP) is 2.30. The van der Waals surface area contributed by atoms with Crippen molar-refractivity contribution in [3.63, 3.8) is 0 Å². The van der Waals surface area contributed by atoms with Gasteiger partial charge in [0.25, 0.3) is 0 Å². The highest BCUT2D eigenvalue weighted by Crippen LogP contribution is 2.16. The summed E-state index contributed by atoms with van der Waals surface area (Å²) in [4.78, 5) is 9.48. The summed E-state index contributed by atoms with van der Waals surface area (Å²) < 4.78 is 0. The first-order valence-electron chi connectivity index (χ1n) is 8.45. The van der Waals surface area contributed by atoms with Crippen LogP contribution in [0.4, 0.5) is 0 Å². The summed E-state index contributed by atoms with van der Waals surface area (Å²) in [5.74, 6) is 1.52. The lowest BCUT2D eigenvalue weighted by Crippen LogP contribution is -2.43. The Morgan fingerprint density at radius 3 is 2.65 bits per heavy atom. The van der Waals surface area contributed by atoms with Crippen LogP contribution in [0.15, 0.2) is 4.99 Å². The van der Waals surface area contributed by atoms with Crippen LogP contribution in [0, 0.1) is 5.92 Å². The Morgan fingerprint density at radius 1 is 1.20 bits per heavy atom. The molecule has 0 radical (unpaired) electrons. The van der Waals surface area contributed by atoms with Gasteiger partial charge in [-0.15, -0.1) is 0 Å². The van der Waals surface area contributed by atoms with Crippen LogP contribution >= 0.6 is 0 Å². The van der Waals surface area contributed by atoms with Crippen LogP contribution in [0.2, 0.25) is 0 Å². The Morgan fingerprint density at radius 2 is 1.95 bits per heavy atom. The smallest absolute Gasteiger partial charge is 0.191 e. The molecule has 20 heavy (non-hydrogen) atoms. The topological polar surface area (TPSA) is 44.9 Å². The zero-order valence-corrected chi connectivity index (χ0v) is 13.4.